The molecule has 0 bridgehead atoms. The molecule has 0 spiro atoms. The Kier molecular flexibility index (Phi) is 6.14. The van der Waals surface area contributed by atoms with Crippen LogP contribution in [0.4, 0.5) is 11.6 Å². The van der Waals surface area contributed by atoms with Gasteiger partial charge in [-0.2, -0.15) is 9.67 Å². The second-order valence-corrected chi connectivity index (χ2v) is 6.79. The fourth-order valence-corrected chi connectivity index (χ4v) is 3.04. The quantitative estimate of drug-likeness (QED) is 0.320. The van der Waals surface area contributed by atoms with Gasteiger partial charge in [-0.1, -0.05) is 36.9 Å². The number of aromatic nitrogens is 6. The van der Waals surface area contributed by atoms with Gasteiger partial charge in [0.05, 0.1) is 27.6 Å². The first-order chi connectivity index (χ1) is 15.2. The molecule has 156 valence electrons. The zero-order valence-corrected chi connectivity index (χ0v) is 17.9. The predicted octanol–water partition coefficient (Wildman–Crippen LogP) is 4.51. The molecule has 0 fully saturated rings. The summed E-state index contributed by atoms with van der Waals surface area (Å²) in [6.07, 6.45) is 12.1. The van der Waals surface area contributed by atoms with Crippen LogP contribution in [0.5, 0.6) is 5.75 Å². The van der Waals surface area contributed by atoms with E-state index in [-0.39, 0.29) is 5.92 Å². The third kappa shape index (κ3) is 4.67. The molecule has 4 rings (SSSR count). The molecule has 1 N–H and O–H groups in total. The minimum atomic E-state index is -0.0414. The summed E-state index contributed by atoms with van der Waals surface area (Å²) >= 11 is 0. The van der Waals surface area contributed by atoms with Gasteiger partial charge in [-0.15, -0.1) is 5.10 Å². The van der Waals surface area contributed by atoms with Crippen LogP contribution in [-0.2, 0) is 0 Å². The number of anilines is 2. The van der Waals surface area contributed by atoms with Gasteiger partial charge in [-0.25, -0.2) is 9.97 Å². The van der Waals surface area contributed by atoms with Crippen molar-refractivity contribution in [1.29, 1.82) is 0 Å². The number of hydrogen-bond acceptors (Lipinski definition) is 8. The van der Waals surface area contributed by atoms with Crippen LogP contribution in [0, 0.1) is 0 Å². The maximum atomic E-state index is 5.42. The van der Waals surface area contributed by atoms with E-state index in [1.807, 2.05) is 49.4 Å². The molecular weight excluding hydrogens is 413 g/mol. The van der Waals surface area contributed by atoms with Gasteiger partial charge in [0.25, 0.3) is 0 Å². The summed E-state index contributed by atoms with van der Waals surface area (Å²) in [5.74, 6) is 1.80. The summed E-state index contributed by atoms with van der Waals surface area (Å²) in [6, 6.07) is 7.46. The van der Waals surface area contributed by atoms with Gasteiger partial charge < -0.3 is 14.3 Å². The second kappa shape index (κ2) is 9.32. The van der Waals surface area contributed by atoms with Gasteiger partial charge in [0.15, 0.2) is 17.6 Å². The first-order valence-electron chi connectivity index (χ1n) is 9.40. The lowest BCUT2D eigenvalue weighted by Crippen LogP contribution is -2.03. The van der Waals surface area contributed by atoms with Crippen molar-refractivity contribution in [2.75, 3.05) is 5.32 Å². The van der Waals surface area contributed by atoms with E-state index in [4.69, 9.17) is 8.94 Å². The summed E-state index contributed by atoms with van der Waals surface area (Å²) in [5, 5.41) is 11.6. The van der Waals surface area contributed by atoms with Crippen molar-refractivity contribution >= 4 is 38.0 Å². The fourth-order valence-electron chi connectivity index (χ4n) is 2.89. The molecule has 2 unspecified atom stereocenters. The molecule has 0 saturated carbocycles. The average molecular weight is 433 g/mol. The van der Waals surface area contributed by atoms with Crippen LogP contribution in [-0.4, -0.2) is 29.9 Å². The van der Waals surface area contributed by atoms with Crippen molar-refractivity contribution in [2.45, 2.75) is 12.8 Å². The molecule has 4 aromatic rings. The Labute approximate surface area is 180 Å². The van der Waals surface area contributed by atoms with Gasteiger partial charge >= 0.3 is 0 Å². The lowest BCUT2D eigenvalue weighted by atomic mass is 10.1. The monoisotopic (exact) mass is 433 g/mol. The highest BCUT2D eigenvalue weighted by Crippen LogP contribution is 2.24. The minimum absolute atomic E-state index is 0.0414. The fraction of sp³-hybridized carbons (Fsp3) is 0.0952. The second-order valence-electron chi connectivity index (χ2n) is 6.55. The molecule has 1 aromatic carbocycles. The Morgan fingerprint density at radius 3 is 3.03 bits per heavy atom. The van der Waals surface area contributed by atoms with Crippen molar-refractivity contribution in [3.05, 3.63) is 79.7 Å². The van der Waals surface area contributed by atoms with Crippen LogP contribution in [0.1, 0.15) is 18.6 Å². The Morgan fingerprint density at radius 2 is 2.26 bits per heavy atom. The van der Waals surface area contributed by atoms with Crippen LogP contribution in [0.15, 0.2) is 78.4 Å². The van der Waals surface area contributed by atoms with Gasteiger partial charge in [-0.05, 0) is 24.3 Å². The van der Waals surface area contributed by atoms with E-state index in [0.29, 0.717) is 22.9 Å². The Balaban J connectivity index is 1.72. The summed E-state index contributed by atoms with van der Waals surface area (Å²) in [7, 11) is 2.22. The molecule has 3 heterocycles. The first kappa shape index (κ1) is 20.4. The lowest BCUT2D eigenvalue weighted by Gasteiger charge is -2.08. The van der Waals surface area contributed by atoms with Crippen LogP contribution in [0.3, 0.4) is 0 Å². The van der Waals surface area contributed by atoms with Crippen LogP contribution < -0.4 is 9.84 Å². The normalized spacial score (nSPS) is 12.9. The van der Waals surface area contributed by atoms with Crippen LogP contribution in [0.25, 0.3) is 16.9 Å². The number of oxazole rings is 1. The highest BCUT2D eigenvalue weighted by Gasteiger charge is 2.14. The highest BCUT2D eigenvalue weighted by atomic mass is 31.0. The average Bonchev–Trinajstić information content (AvgIpc) is 3.47. The van der Waals surface area contributed by atoms with E-state index in [1.54, 1.807) is 23.2 Å². The van der Waals surface area contributed by atoms with Gasteiger partial charge in [0.2, 0.25) is 5.95 Å². The molecule has 0 aliphatic carbocycles. The number of hydrogen-bond donors (Lipinski definition) is 1. The van der Waals surface area contributed by atoms with Crippen molar-refractivity contribution in [1.82, 2.24) is 29.9 Å². The number of fused-ring (bicyclic) bond motifs is 1. The van der Waals surface area contributed by atoms with Gasteiger partial charge in [-0.3, -0.25) is 0 Å². The minimum Gasteiger partial charge on any atom is -0.480 e. The molecule has 0 radical (unpaired) electrons. The maximum Gasteiger partial charge on any atom is 0.229 e. The van der Waals surface area contributed by atoms with E-state index in [9.17, 15) is 0 Å². The summed E-state index contributed by atoms with van der Waals surface area (Å²) in [4.78, 5) is 12.9. The van der Waals surface area contributed by atoms with Crippen LogP contribution in [0.2, 0.25) is 0 Å². The number of allylic oxidation sites excluding steroid dienone is 5. The largest absolute Gasteiger partial charge is 0.480 e. The lowest BCUT2D eigenvalue weighted by molar-refractivity contribution is 0.494. The molecular formula is C21H20N7O2P. The Bertz CT molecular complexity index is 1250. The number of rotatable bonds is 8. The van der Waals surface area contributed by atoms with E-state index in [1.165, 1.54) is 6.39 Å². The molecule has 0 amide bonds. The molecule has 3 aromatic heterocycles. The molecule has 0 aliphatic heterocycles. The number of benzene rings is 1. The molecule has 0 aliphatic rings. The van der Waals surface area contributed by atoms with E-state index in [2.05, 4.69) is 46.6 Å². The molecule has 2 atom stereocenters. The third-order valence-electron chi connectivity index (χ3n) is 4.39. The Hall–Kier alpha value is -3.84. The molecule has 31 heavy (non-hydrogen) atoms. The summed E-state index contributed by atoms with van der Waals surface area (Å²) in [5.41, 5.74) is 2.67. The van der Waals surface area contributed by atoms with Gasteiger partial charge in [0.1, 0.15) is 11.5 Å². The maximum absolute atomic E-state index is 5.42. The SMILES string of the molecule is C=C/C=C\C(=C/C(C)c1cnco1)n1nnc2cnc(Nc3cccc(OP)c3)nc21. The highest BCUT2D eigenvalue weighted by molar-refractivity contribution is 7.10. The van der Waals surface area contributed by atoms with Crippen LogP contribution >= 0.6 is 9.47 Å². The van der Waals surface area contributed by atoms with Crippen molar-refractivity contribution in [3.8, 4) is 5.75 Å². The standard InChI is InChI=1S/C21H20N7O2P/c1-3-4-7-16(9-14(2)19-12-22-13-29-19)28-20-18(26-27-28)11-23-21(25-20)24-15-6-5-8-17(10-15)30-31/h3-14H,1,31H2,2H3,(H,23,24,25)/b7-4-,16-9+. The smallest absolute Gasteiger partial charge is 0.229 e. The summed E-state index contributed by atoms with van der Waals surface area (Å²) in [6.45, 7) is 5.75. The molecule has 10 heteroatoms. The zero-order chi connectivity index (χ0) is 21.6. The zero-order valence-electron chi connectivity index (χ0n) is 16.7. The number of nitrogens with zero attached hydrogens (tertiary/aromatic N) is 6. The van der Waals surface area contributed by atoms with Crippen molar-refractivity contribution in [2.24, 2.45) is 0 Å². The predicted molar refractivity (Wildman–Crippen MR) is 122 cm³/mol. The topological polar surface area (TPSA) is 104 Å². The number of nitrogens with one attached hydrogen (secondary N) is 1. The Morgan fingerprint density at radius 1 is 1.35 bits per heavy atom. The van der Waals surface area contributed by atoms with Crippen molar-refractivity contribution in [3.63, 3.8) is 0 Å². The first-order valence-corrected chi connectivity index (χ1v) is 9.87. The molecule has 0 saturated heterocycles. The van der Waals surface area contributed by atoms with E-state index < -0.39 is 0 Å². The van der Waals surface area contributed by atoms with Crippen molar-refractivity contribution < 1.29 is 8.94 Å². The molecule has 9 nitrogen and oxygen atoms in total. The van der Waals surface area contributed by atoms with Gasteiger partial charge in [0, 0.05) is 17.7 Å². The van der Waals surface area contributed by atoms with E-state index in [0.717, 1.165) is 17.1 Å². The summed E-state index contributed by atoms with van der Waals surface area (Å²) < 4.78 is 12.2. The third-order valence-corrected chi connectivity index (χ3v) is 4.66. The van der Waals surface area contributed by atoms with E-state index >= 15 is 0 Å².